The third-order valence-electron chi connectivity index (χ3n) is 2.31. The number of halogens is 2. The molecule has 82 valence electrons. The molecule has 2 rings (SSSR count). The molecule has 0 radical (unpaired) electrons. The molecule has 0 saturated heterocycles. The number of aromatic nitrogens is 1. The van der Waals surface area contributed by atoms with Gasteiger partial charge in [-0.05, 0) is 23.8 Å². The van der Waals surface area contributed by atoms with Crippen LogP contribution >= 0.6 is 0 Å². The van der Waals surface area contributed by atoms with Crippen LogP contribution in [0.15, 0.2) is 36.5 Å². The van der Waals surface area contributed by atoms with E-state index in [0.717, 1.165) is 17.7 Å². The van der Waals surface area contributed by atoms with Gasteiger partial charge in [0.05, 0.1) is 5.69 Å². The average Bonchev–Trinajstić information content (AvgIpc) is 2.32. The first kappa shape index (κ1) is 10.7. The van der Waals surface area contributed by atoms with E-state index in [-0.39, 0.29) is 6.54 Å². The molecule has 2 aromatic rings. The Morgan fingerprint density at radius 2 is 1.94 bits per heavy atom. The van der Waals surface area contributed by atoms with E-state index in [1.54, 1.807) is 18.3 Å². The molecule has 0 aliphatic rings. The lowest BCUT2D eigenvalue weighted by molar-refractivity contribution is 0.509. The minimum Gasteiger partial charge on any atom is -0.325 e. The monoisotopic (exact) mass is 220 g/mol. The average molecular weight is 220 g/mol. The second-order valence-corrected chi connectivity index (χ2v) is 3.33. The molecule has 0 atom stereocenters. The van der Waals surface area contributed by atoms with Crippen molar-refractivity contribution >= 4 is 0 Å². The summed E-state index contributed by atoms with van der Waals surface area (Å²) in [7, 11) is 0. The fraction of sp³-hybridized carbons (Fsp3) is 0.0833. The Hall–Kier alpha value is -1.81. The van der Waals surface area contributed by atoms with Gasteiger partial charge in [0.2, 0.25) is 0 Å². The van der Waals surface area contributed by atoms with Crippen LogP contribution in [0.5, 0.6) is 0 Å². The maximum atomic E-state index is 13.1. The minimum absolute atomic E-state index is 0.259. The van der Waals surface area contributed by atoms with Crippen molar-refractivity contribution in [2.45, 2.75) is 6.54 Å². The van der Waals surface area contributed by atoms with Gasteiger partial charge >= 0.3 is 0 Å². The predicted octanol–water partition coefficient (Wildman–Crippen LogP) is 2.49. The molecule has 0 aliphatic heterocycles. The molecule has 0 spiro atoms. The van der Waals surface area contributed by atoms with E-state index < -0.39 is 11.6 Å². The number of benzene rings is 1. The van der Waals surface area contributed by atoms with E-state index in [4.69, 9.17) is 5.73 Å². The number of hydrogen-bond donors (Lipinski definition) is 1. The molecule has 0 unspecified atom stereocenters. The van der Waals surface area contributed by atoms with Crippen LogP contribution < -0.4 is 5.73 Å². The van der Waals surface area contributed by atoms with Crippen LogP contribution in [0.25, 0.3) is 11.1 Å². The van der Waals surface area contributed by atoms with Gasteiger partial charge < -0.3 is 5.73 Å². The molecule has 4 heteroatoms. The van der Waals surface area contributed by atoms with E-state index >= 15 is 0 Å². The molecular formula is C12H10F2N2. The number of pyridine rings is 1. The first-order valence-electron chi connectivity index (χ1n) is 4.81. The second-order valence-electron chi connectivity index (χ2n) is 3.33. The SMILES string of the molecule is NCc1ncccc1-c1ccc(F)c(F)c1. The van der Waals surface area contributed by atoms with E-state index in [0.29, 0.717) is 11.3 Å². The van der Waals surface area contributed by atoms with Crippen LogP contribution in [0.4, 0.5) is 8.78 Å². The number of rotatable bonds is 2. The van der Waals surface area contributed by atoms with Crippen molar-refractivity contribution in [3.05, 3.63) is 53.9 Å². The Morgan fingerprint density at radius 3 is 2.62 bits per heavy atom. The predicted molar refractivity (Wildman–Crippen MR) is 57.5 cm³/mol. The molecule has 0 aliphatic carbocycles. The van der Waals surface area contributed by atoms with Crippen molar-refractivity contribution in [3.63, 3.8) is 0 Å². The largest absolute Gasteiger partial charge is 0.325 e. The molecule has 0 saturated carbocycles. The molecule has 16 heavy (non-hydrogen) atoms. The minimum atomic E-state index is -0.871. The zero-order valence-electron chi connectivity index (χ0n) is 8.45. The molecule has 2 nitrogen and oxygen atoms in total. The van der Waals surface area contributed by atoms with E-state index in [1.165, 1.54) is 6.07 Å². The van der Waals surface area contributed by atoms with E-state index in [1.807, 2.05) is 0 Å². The zero-order valence-corrected chi connectivity index (χ0v) is 8.45. The van der Waals surface area contributed by atoms with Gasteiger partial charge in [-0.15, -0.1) is 0 Å². The van der Waals surface area contributed by atoms with Crippen molar-refractivity contribution in [3.8, 4) is 11.1 Å². The zero-order chi connectivity index (χ0) is 11.5. The first-order chi connectivity index (χ1) is 7.72. The van der Waals surface area contributed by atoms with Gasteiger partial charge in [0, 0.05) is 18.3 Å². The van der Waals surface area contributed by atoms with Crippen LogP contribution in [0.3, 0.4) is 0 Å². The third-order valence-corrected chi connectivity index (χ3v) is 2.31. The van der Waals surface area contributed by atoms with Crippen molar-refractivity contribution in [1.29, 1.82) is 0 Å². The molecule has 0 fully saturated rings. The molecule has 0 amide bonds. The summed E-state index contributed by atoms with van der Waals surface area (Å²) in [4.78, 5) is 4.08. The van der Waals surface area contributed by atoms with Gasteiger partial charge in [-0.2, -0.15) is 0 Å². The lowest BCUT2D eigenvalue weighted by Gasteiger charge is -2.06. The number of hydrogen-bond acceptors (Lipinski definition) is 2. The molecule has 2 N–H and O–H groups in total. The maximum absolute atomic E-state index is 13.1. The highest BCUT2D eigenvalue weighted by molar-refractivity contribution is 5.65. The van der Waals surface area contributed by atoms with Gasteiger partial charge in [-0.3, -0.25) is 4.98 Å². The van der Waals surface area contributed by atoms with E-state index in [2.05, 4.69) is 4.98 Å². The summed E-state index contributed by atoms with van der Waals surface area (Å²) in [5.41, 5.74) is 7.49. The highest BCUT2D eigenvalue weighted by Gasteiger charge is 2.07. The Morgan fingerprint density at radius 1 is 1.12 bits per heavy atom. The molecule has 1 aromatic carbocycles. The topological polar surface area (TPSA) is 38.9 Å². The van der Waals surface area contributed by atoms with Crippen LogP contribution in [0, 0.1) is 11.6 Å². The lowest BCUT2D eigenvalue weighted by atomic mass is 10.0. The van der Waals surface area contributed by atoms with Crippen LogP contribution in [0.1, 0.15) is 5.69 Å². The smallest absolute Gasteiger partial charge is 0.159 e. The summed E-state index contributed by atoms with van der Waals surface area (Å²) in [6, 6.07) is 7.26. The summed E-state index contributed by atoms with van der Waals surface area (Å²) < 4.78 is 25.9. The Labute approximate surface area is 91.7 Å². The second kappa shape index (κ2) is 4.37. The fourth-order valence-corrected chi connectivity index (χ4v) is 1.53. The highest BCUT2D eigenvalue weighted by atomic mass is 19.2. The Bertz CT molecular complexity index is 512. The van der Waals surface area contributed by atoms with Crippen molar-refractivity contribution in [2.75, 3.05) is 0 Å². The summed E-state index contributed by atoms with van der Waals surface area (Å²) in [5.74, 6) is -1.73. The first-order valence-corrected chi connectivity index (χ1v) is 4.81. The van der Waals surface area contributed by atoms with Crippen LogP contribution in [-0.2, 0) is 6.54 Å². The normalized spacial score (nSPS) is 10.4. The molecule has 1 aromatic heterocycles. The summed E-state index contributed by atoms with van der Waals surface area (Å²) in [5, 5.41) is 0. The molecule has 1 heterocycles. The molecular weight excluding hydrogens is 210 g/mol. The highest BCUT2D eigenvalue weighted by Crippen LogP contribution is 2.23. The summed E-state index contributed by atoms with van der Waals surface area (Å²) in [6.07, 6.45) is 1.62. The van der Waals surface area contributed by atoms with Gasteiger partial charge in [0.25, 0.3) is 0 Å². The number of nitrogens with zero attached hydrogens (tertiary/aromatic N) is 1. The summed E-state index contributed by atoms with van der Waals surface area (Å²) >= 11 is 0. The maximum Gasteiger partial charge on any atom is 0.159 e. The van der Waals surface area contributed by atoms with E-state index in [9.17, 15) is 8.78 Å². The summed E-state index contributed by atoms with van der Waals surface area (Å²) in [6.45, 7) is 0.259. The lowest BCUT2D eigenvalue weighted by Crippen LogP contribution is -2.01. The Kier molecular flexibility index (Phi) is 2.92. The van der Waals surface area contributed by atoms with Crippen LogP contribution in [-0.4, -0.2) is 4.98 Å². The standard InChI is InChI=1S/C12H10F2N2/c13-10-4-3-8(6-11(10)14)9-2-1-5-16-12(9)7-15/h1-6H,7,15H2. The van der Waals surface area contributed by atoms with Gasteiger partial charge in [0.15, 0.2) is 11.6 Å². The van der Waals surface area contributed by atoms with Crippen molar-refractivity contribution in [2.24, 2.45) is 5.73 Å². The number of nitrogens with two attached hydrogens (primary N) is 1. The van der Waals surface area contributed by atoms with Crippen LogP contribution in [0.2, 0.25) is 0 Å². The van der Waals surface area contributed by atoms with Crippen molar-refractivity contribution in [1.82, 2.24) is 4.98 Å². The van der Waals surface area contributed by atoms with Gasteiger partial charge in [0.1, 0.15) is 0 Å². The quantitative estimate of drug-likeness (QED) is 0.844. The van der Waals surface area contributed by atoms with Crippen molar-refractivity contribution < 1.29 is 8.78 Å². The molecule has 0 bridgehead atoms. The Balaban J connectivity index is 2.54. The fourth-order valence-electron chi connectivity index (χ4n) is 1.53. The van der Waals surface area contributed by atoms with Gasteiger partial charge in [-0.1, -0.05) is 12.1 Å². The third kappa shape index (κ3) is 1.92. The van der Waals surface area contributed by atoms with Gasteiger partial charge in [-0.25, -0.2) is 8.78 Å².